The molecule has 0 aliphatic carbocycles. The third kappa shape index (κ3) is 4.96. The van der Waals surface area contributed by atoms with Gasteiger partial charge in [0.05, 0.1) is 17.9 Å². The SMILES string of the molecule is C[C@H]1Cc2cc(C(O)=C3C(=O)C(=O)N(CCCn4ccnc4)[C@H]3c3cccc(Oc4ccccc4)c3)ccc2O1. The van der Waals surface area contributed by atoms with E-state index in [1.165, 1.54) is 0 Å². The van der Waals surface area contributed by atoms with Crippen LogP contribution in [0.1, 0.15) is 36.1 Å². The fraction of sp³-hybridized carbons (Fsp3) is 0.219. The Balaban J connectivity index is 1.38. The minimum absolute atomic E-state index is 0.0424. The number of carbonyl (C=O) groups excluding carboxylic acids is 2. The summed E-state index contributed by atoms with van der Waals surface area (Å²) in [5, 5.41) is 11.5. The van der Waals surface area contributed by atoms with E-state index < -0.39 is 17.7 Å². The highest BCUT2D eigenvalue weighted by Gasteiger charge is 2.46. The summed E-state index contributed by atoms with van der Waals surface area (Å²) in [6.45, 7) is 2.94. The molecule has 3 heterocycles. The molecule has 1 N–H and O–H groups in total. The van der Waals surface area contributed by atoms with Crippen molar-refractivity contribution < 1.29 is 24.2 Å². The Morgan fingerprint density at radius 2 is 1.85 bits per heavy atom. The molecule has 2 aliphatic heterocycles. The number of Topliss-reactive ketones (excluding diaryl/α,β-unsaturated/α-hetero) is 1. The van der Waals surface area contributed by atoms with Gasteiger partial charge in [0, 0.05) is 37.5 Å². The predicted octanol–water partition coefficient (Wildman–Crippen LogP) is 5.51. The van der Waals surface area contributed by atoms with E-state index in [0.717, 1.165) is 11.3 Å². The molecule has 2 atom stereocenters. The lowest BCUT2D eigenvalue weighted by molar-refractivity contribution is -0.139. The van der Waals surface area contributed by atoms with Crippen LogP contribution in [0.4, 0.5) is 0 Å². The second kappa shape index (κ2) is 10.7. The number of fused-ring (bicyclic) bond motifs is 1. The number of benzene rings is 3. The van der Waals surface area contributed by atoms with Crippen molar-refractivity contribution in [3.63, 3.8) is 0 Å². The van der Waals surface area contributed by atoms with Gasteiger partial charge in [-0.05, 0) is 66.9 Å². The Labute approximate surface area is 232 Å². The summed E-state index contributed by atoms with van der Waals surface area (Å²) in [6, 6.07) is 21.3. The molecule has 6 rings (SSSR count). The normalized spacial score (nSPS) is 19.5. The standard InChI is InChI=1S/C32H29N3O5/c1-21-17-24-18-23(11-12-27(24)39-21)30(36)28-29(22-7-5-10-26(19-22)40-25-8-3-2-4-9-25)35(32(38)31(28)37)15-6-14-34-16-13-33-20-34/h2-5,7-13,16,18-21,29,36H,6,14-15,17H2,1H3/t21-,29-/m0/s1. The van der Waals surface area contributed by atoms with Crippen LogP contribution in [0.5, 0.6) is 17.2 Å². The summed E-state index contributed by atoms with van der Waals surface area (Å²) in [7, 11) is 0. The van der Waals surface area contributed by atoms with Gasteiger partial charge in [0.15, 0.2) is 0 Å². The monoisotopic (exact) mass is 535 g/mol. The topological polar surface area (TPSA) is 93.9 Å². The van der Waals surface area contributed by atoms with Crippen LogP contribution in [-0.4, -0.2) is 43.9 Å². The maximum atomic E-state index is 13.5. The average Bonchev–Trinajstić information content (AvgIpc) is 3.67. The van der Waals surface area contributed by atoms with E-state index in [-0.39, 0.29) is 17.4 Å². The first-order valence-corrected chi connectivity index (χ1v) is 13.3. The van der Waals surface area contributed by atoms with Crippen LogP contribution in [0.15, 0.2) is 97.1 Å². The molecule has 1 aromatic heterocycles. The second-order valence-electron chi connectivity index (χ2n) is 10.1. The molecule has 3 aromatic carbocycles. The van der Waals surface area contributed by atoms with E-state index in [1.54, 1.807) is 29.6 Å². The number of rotatable bonds is 8. The summed E-state index contributed by atoms with van der Waals surface area (Å²) in [4.78, 5) is 32.5. The number of nitrogens with zero attached hydrogens (tertiary/aromatic N) is 3. The Hall–Kier alpha value is -4.85. The van der Waals surface area contributed by atoms with Crippen molar-refractivity contribution in [3.05, 3.63) is 114 Å². The van der Waals surface area contributed by atoms with Crippen molar-refractivity contribution in [2.75, 3.05) is 6.54 Å². The Morgan fingerprint density at radius 1 is 1.02 bits per heavy atom. The van der Waals surface area contributed by atoms with E-state index in [2.05, 4.69) is 4.98 Å². The molecule has 202 valence electrons. The van der Waals surface area contributed by atoms with Crippen LogP contribution in [0.3, 0.4) is 0 Å². The third-order valence-corrected chi connectivity index (χ3v) is 7.24. The number of hydrogen-bond donors (Lipinski definition) is 1. The number of para-hydroxylation sites is 1. The molecule has 1 fully saturated rings. The summed E-state index contributed by atoms with van der Waals surface area (Å²) >= 11 is 0. The smallest absolute Gasteiger partial charge is 0.295 e. The zero-order valence-corrected chi connectivity index (χ0v) is 22.1. The van der Waals surface area contributed by atoms with Gasteiger partial charge in [0.25, 0.3) is 11.7 Å². The highest BCUT2D eigenvalue weighted by atomic mass is 16.5. The third-order valence-electron chi connectivity index (χ3n) is 7.24. The maximum absolute atomic E-state index is 13.5. The minimum Gasteiger partial charge on any atom is -0.507 e. The highest BCUT2D eigenvalue weighted by molar-refractivity contribution is 6.46. The van der Waals surface area contributed by atoms with Gasteiger partial charge in [-0.1, -0.05) is 30.3 Å². The Morgan fingerprint density at radius 3 is 2.65 bits per heavy atom. The first-order valence-electron chi connectivity index (χ1n) is 13.3. The number of imidazole rings is 1. The second-order valence-corrected chi connectivity index (χ2v) is 10.1. The van der Waals surface area contributed by atoms with Crippen molar-refractivity contribution in [1.82, 2.24) is 14.5 Å². The zero-order chi connectivity index (χ0) is 27.6. The van der Waals surface area contributed by atoms with Crippen molar-refractivity contribution >= 4 is 17.4 Å². The van der Waals surface area contributed by atoms with Gasteiger partial charge < -0.3 is 24.0 Å². The largest absolute Gasteiger partial charge is 0.507 e. The number of ether oxygens (including phenoxy) is 2. The van der Waals surface area contributed by atoms with Crippen LogP contribution in [0.2, 0.25) is 0 Å². The molecule has 1 saturated heterocycles. The lowest BCUT2D eigenvalue weighted by Crippen LogP contribution is -2.31. The average molecular weight is 536 g/mol. The molecular weight excluding hydrogens is 506 g/mol. The Bertz CT molecular complexity index is 1580. The number of aryl methyl sites for hydroxylation is 1. The maximum Gasteiger partial charge on any atom is 0.295 e. The van der Waals surface area contributed by atoms with Crippen LogP contribution >= 0.6 is 0 Å². The number of ketones is 1. The number of amides is 1. The predicted molar refractivity (Wildman–Crippen MR) is 149 cm³/mol. The molecule has 4 aromatic rings. The lowest BCUT2D eigenvalue weighted by Gasteiger charge is -2.26. The molecule has 0 spiro atoms. The summed E-state index contributed by atoms with van der Waals surface area (Å²) in [5.74, 6) is 0.470. The van der Waals surface area contributed by atoms with Crippen LogP contribution in [-0.2, 0) is 22.6 Å². The Kier molecular flexibility index (Phi) is 6.82. The molecule has 40 heavy (non-hydrogen) atoms. The van der Waals surface area contributed by atoms with E-state index in [4.69, 9.17) is 9.47 Å². The van der Waals surface area contributed by atoms with E-state index >= 15 is 0 Å². The van der Waals surface area contributed by atoms with Gasteiger partial charge in [-0.15, -0.1) is 0 Å². The van der Waals surface area contributed by atoms with Gasteiger partial charge >= 0.3 is 0 Å². The number of hydrogen-bond acceptors (Lipinski definition) is 6. The number of aliphatic hydroxyl groups is 1. The quantitative estimate of drug-likeness (QED) is 0.182. The van der Waals surface area contributed by atoms with E-state index in [9.17, 15) is 14.7 Å². The number of aliphatic hydroxyl groups excluding tert-OH is 1. The van der Waals surface area contributed by atoms with Crippen LogP contribution in [0.25, 0.3) is 5.76 Å². The molecular formula is C32H29N3O5. The molecule has 0 bridgehead atoms. The highest BCUT2D eigenvalue weighted by Crippen LogP contribution is 2.41. The number of likely N-dealkylation sites (tertiary alicyclic amines) is 1. The van der Waals surface area contributed by atoms with Gasteiger partial charge in [-0.2, -0.15) is 0 Å². The lowest BCUT2D eigenvalue weighted by atomic mass is 9.94. The number of aromatic nitrogens is 2. The van der Waals surface area contributed by atoms with Gasteiger partial charge in [0.1, 0.15) is 29.1 Å². The van der Waals surface area contributed by atoms with Crippen molar-refractivity contribution in [3.8, 4) is 17.2 Å². The molecule has 2 aliphatic rings. The summed E-state index contributed by atoms with van der Waals surface area (Å²) in [6.07, 6.45) is 6.63. The van der Waals surface area contributed by atoms with Crippen LogP contribution < -0.4 is 9.47 Å². The van der Waals surface area contributed by atoms with Gasteiger partial charge in [0.2, 0.25) is 0 Å². The fourth-order valence-electron chi connectivity index (χ4n) is 5.40. The minimum atomic E-state index is -0.773. The molecule has 8 nitrogen and oxygen atoms in total. The molecule has 0 saturated carbocycles. The van der Waals surface area contributed by atoms with Gasteiger partial charge in [-0.25, -0.2) is 4.98 Å². The summed E-state index contributed by atoms with van der Waals surface area (Å²) in [5.41, 5.74) is 2.18. The van der Waals surface area contributed by atoms with Gasteiger partial charge in [-0.3, -0.25) is 9.59 Å². The van der Waals surface area contributed by atoms with Crippen molar-refractivity contribution in [1.29, 1.82) is 0 Å². The molecule has 8 heteroatoms. The fourth-order valence-corrected chi connectivity index (χ4v) is 5.40. The zero-order valence-electron chi connectivity index (χ0n) is 22.1. The van der Waals surface area contributed by atoms with Crippen LogP contribution in [0, 0.1) is 0 Å². The van der Waals surface area contributed by atoms with Crippen molar-refractivity contribution in [2.45, 2.75) is 38.5 Å². The molecule has 0 unspecified atom stereocenters. The van der Waals surface area contributed by atoms with Crippen molar-refractivity contribution in [2.24, 2.45) is 0 Å². The van der Waals surface area contributed by atoms with E-state index in [0.29, 0.717) is 48.6 Å². The molecule has 1 amide bonds. The summed E-state index contributed by atoms with van der Waals surface area (Å²) < 4.78 is 13.8. The molecule has 0 radical (unpaired) electrons. The number of carbonyl (C=O) groups is 2. The van der Waals surface area contributed by atoms with E-state index in [1.807, 2.05) is 78.4 Å². The first kappa shape index (κ1) is 25.4. The first-order chi connectivity index (χ1) is 19.5.